The van der Waals surface area contributed by atoms with Crippen LogP contribution < -0.4 is 5.32 Å². The van der Waals surface area contributed by atoms with Crippen molar-refractivity contribution in [2.24, 2.45) is 0 Å². The summed E-state index contributed by atoms with van der Waals surface area (Å²) in [5, 5.41) is 4.73. The van der Waals surface area contributed by atoms with E-state index in [4.69, 9.17) is 23.2 Å². The van der Waals surface area contributed by atoms with Crippen LogP contribution in [-0.4, -0.2) is 6.04 Å². The molecule has 0 radical (unpaired) electrons. The quantitative estimate of drug-likeness (QED) is 0.727. The molecule has 0 aromatic heterocycles. The zero-order valence-electron chi connectivity index (χ0n) is 12.0. The average Bonchev–Trinajstić information content (AvgIpc) is 2.47. The highest BCUT2D eigenvalue weighted by Crippen LogP contribution is 2.22. The molecule has 2 rings (SSSR count). The summed E-state index contributed by atoms with van der Waals surface area (Å²) >= 11 is 11.9. The molecule has 0 aliphatic rings. The van der Waals surface area contributed by atoms with Gasteiger partial charge in [0.25, 0.3) is 0 Å². The molecule has 1 atom stereocenters. The maximum Gasteiger partial charge on any atom is 0.0595 e. The molecule has 0 spiro atoms. The molecular weight excluding hydrogens is 325 g/mol. The SMILES string of the molecule is CC(CCc1ccccc1)NCc1ccc(Cl)c(Cl)c1.Cl. The lowest BCUT2D eigenvalue weighted by Crippen LogP contribution is -2.25. The Balaban J connectivity index is 0.00000220. The molecule has 0 aliphatic carbocycles. The summed E-state index contributed by atoms with van der Waals surface area (Å²) in [5.41, 5.74) is 2.54. The van der Waals surface area contributed by atoms with Crippen LogP contribution in [0.15, 0.2) is 48.5 Å². The Morgan fingerprint density at radius 2 is 1.67 bits per heavy atom. The Morgan fingerprint density at radius 3 is 2.33 bits per heavy atom. The Kier molecular flexibility index (Phi) is 8.13. The van der Waals surface area contributed by atoms with E-state index in [1.54, 1.807) is 0 Å². The molecule has 0 amide bonds. The third-order valence-corrected chi connectivity index (χ3v) is 4.09. The van der Waals surface area contributed by atoms with Crippen LogP contribution in [0.5, 0.6) is 0 Å². The van der Waals surface area contributed by atoms with Gasteiger partial charge in [-0.15, -0.1) is 12.4 Å². The zero-order chi connectivity index (χ0) is 14.4. The molecule has 0 saturated carbocycles. The summed E-state index contributed by atoms with van der Waals surface area (Å²) in [6, 6.07) is 16.8. The lowest BCUT2D eigenvalue weighted by molar-refractivity contribution is 0.514. The minimum atomic E-state index is 0. The molecule has 1 unspecified atom stereocenters. The summed E-state index contributed by atoms with van der Waals surface area (Å²) in [6.07, 6.45) is 2.21. The van der Waals surface area contributed by atoms with E-state index in [1.165, 1.54) is 5.56 Å². The predicted octanol–water partition coefficient (Wildman–Crippen LogP) is 5.53. The highest BCUT2D eigenvalue weighted by atomic mass is 35.5. The van der Waals surface area contributed by atoms with Crippen molar-refractivity contribution in [3.05, 3.63) is 69.7 Å². The van der Waals surface area contributed by atoms with Crippen molar-refractivity contribution in [3.8, 4) is 0 Å². The van der Waals surface area contributed by atoms with Crippen LogP contribution in [0.1, 0.15) is 24.5 Å². The minimum Gasteiger partial charge on any atom is -0.310 e. The number of rotatable bonds is 6. The third kappa shape index (κ3) is 6.27. The van der Waals surface area contributed by atoms with E-state index >= 15 is 0 Å². The number of hydrogen-bond acceptors (Lipinski definition) is 1. The lowest BCUT2D eigenvalue weighted by atomic mass is 10.1. The second-order valence-corrected chi connectivity index (χ2v) is 5.87. The summed E-state index contributed by atoms with van der Waals surface area (Å²) in [4.78, 5) is 0. The van der Waals surface area contributed by atoms with Gasteiger partial charge in [-0.05, 0) is 43.0 Å². The van der Waals surface area contributed by atoms with Crippen molar-refractivity contribution in [2.45, 2.75) is 32.4 Å². The highest BCUT2D eigenvalue weighted by Gasteiger charge is 2.04. The van der Waals surface area contributed by atoms with E-state index in [9.17, 15) is 0 Å². The Hall–Kier alpha value is -0.730. The molecule has 2 aromatic rings. The van der Waals surface area contributed by atoms with Gasteiger partial charge >= 0.3 is 0 Å². The third-order valence-electron chi connectivity index (χ3n) is 3.35. The summed E-state index contributed by atoms with van der Waals surface area (Å²) in [5.74, 6) is 0. The van der Waals surface area contributed by atoms with Gasteiger partial charge in [0.05, 0.1) is 10.0 Å². The predicted molar refractivity (Wildman–Crippen MR) is 94.8 cm³/mol. The van der Waals surface area contributed by atoms with Crippen molar-refractivity contribution in [1.82, 2.24) is 5.32 Å². The van der Waals surface area contributed by atoms with Gasteiger partial charge in [-0.3, -0.25) is 0 Å². The topological polar surface area (TPSA) is 12.0 Å². The van der Waals surface area contributed by atoms with Gasteiger partial charge in [0.15, 0.2) is 0 Å². The average molecular weight is 345 g/mol. The molecule has 2 aromatic carbocycles. The summed E-state index contributed by atoms with van der Waals surface area (Å²) < 4.78 is 0. The molecule has 114 valence electrons. The lowest BCUT2D eigenvalue weighted by Gasteiger charge is -2.14. The van der Waals surface area contributed by atoms with Crippen LogP contribution in [-0.2, 0) is 13.0 Å². The smallest absolute Gasteiger partial charge is 0.0595 e. The van der Waals surface area contributed by atoms with Gasteiger partial charge in [-0.25, -0.2) is 0 Å². The van der Waals surface area contributed by atoms with Gasteiger partial charge in [0.1, 0.15) is 0 Å². The van der Waals surface area contributed by atoms with Crippen LogP contribution >= 0.6 is 35.6 Å². The van der Waals surface area contributed by atoms with Crippen LogP contribution in [0.3, 0.4) is 0 Å². The van der Waals surface area contributed by atoms with E-state index in [-0.39, 0.29) is 12.4 Å². The first-order valence-corrected chi connectivity index (χ1v) is 7.62. The summed E-state index contributed by atoms with van der Waals surface area (Å²) in [6.45, 7) is 3.02. The normalized spacial score (nSPS) is 11.8. The molecule has 0 bridgehead atoms. The maximum atomic E-state index is 6.01. The van der Waals surface area contributed by atoms with Crippen molar-refractivity contribution in [3.63, 3.8) is 0 Å². The zero-order valence-corrected chi connectivity index (χ0v) is 14.3. The van der Waals surface area contributed by atoms with Gasteiger partial charge in [-0.2, -0.15) is 0 Å². The van der Waals surface area contributed by atoms with Crippen LogP contribution in [0.2, 0.25) is 10.0 Å². The number of nitrogens with one attached hydrogen (secondary N) is 1. The van der Waals surface area contributed by atoms with Crippen molar-refractivity contribution in [1.29, 1.82) is 0 Å². The Bertz CT molecular complexity index is 543. The first-order chi connectivity index (χ1) is 9.65. The fourth-order valence-electron chi connectivity index (χ4n) is 2.07. The molecule has 0 fully saturated rings. The Morgan fingerprint density at radius 1 is 0.952 bits per heavy atom. The second-order valence-electron chi connectivity index (χ2n) is 5.05. The van der Waals surface area contributed by atoms with E-state index in [1.807, 2.05) is 18.2 Å². The number of halogens is 3. The van der Waals surface area contributed by atoms with E-state index in [0.717, 1.165) is 24.9 Å². The number of benzene rings is 2. The maximum absolute atomic E-state index is 6.01. The van der Waals surface area contributed by atoms with Crippen LogP contribution in [0.4, 0.5) is 0 Å². The number of aryl methyl sites for hydroxylation is 1. The fourth-order valence-corrected chi connectivity index (χ4v) is 2.39. The molecule has 21 heavy (non-hydrogen) atoms. The first-order valence-electron chi connectivity index (χ1n) is 6.86. The van der Waals surface area contributed by atoms with Gasteiger partial charge in [0.2, 0.25) is 0 Å². The molecule has 0 aliphatic heterocycles. The summed E-state index contributed by atoms with van der Waals surface area (Å²) in [7, 11) is 0. The highest BCUT2D eigenvalue weighted by molar-refractivity contribution is 6.42. The molecule has 0 heterocycles. The largest absolute Gasteiger partial charge is 0.310 e. The van der Waals surface area contributed by atoms with E-state index in [0.29, 0.717) is 16.1 Å². The Labute approximate surface area is 143 Å². The van der Waals surface area contributed by atoms with Crippen molar-refractivity contribution >= 4 is 35.6 Å². The second kappa shape index (κ2) is 9.32. The fraction of sp³-hybridized carbons (Fsp3) is 0.294. The molecule has 4 heteroatoms. The molecule has 1 nitrogen and oxygen atoms in total. The minimum absolute atomic E-state index is 0. The van der Waals surface area contributed by atoms with Gasteiger partial charge in [0, 0.05) is 12.6 Å². The van der Waals surface area contributed by atoms with Crippen molar-refractivity contribution in [2.75, 3.05) is 0 Å². The van der Waals surface area contributed by atoms with E-state index < -0.39 is 0 Å². The monoisotopic (exact) mass is 343 g/mol. The first kappa shape index (κ1) is 18.3. The van der Waals surface area contributed by atoms with E-state index in [2.05, 4.69) is 42.6 Å². The number of hydrogen-bond donors (Lipinski definition) is 1. The van der Waals surface area contributed by atoms with Crippen molar-refractivity contribution < 1.29 is 0 Å². The van der Waals surface area contributed by atoms with Gasteiger partial charge in [-0.1, -0.05) is 59.6 Å². The molecule has 0 saturated heterocycles. The molecule has 1 N–H and O–H groups in total. The molecular formula is C17H20Cl3N. The van der Waals surface area contributed by atoms with Crippen LogP contribution in [0.25, 0.3) is 0 Å². The van der Waals surface area contributed by atoms with Crippen LogP contribution in [0, 0.1) is 0 Å². The van der Waals surface area contributed by atoms with Gasteiger partial charge < -0.3 is 5.32 Å². The standard InChI is InChI=1S/C17H19Cl2N.ClH/c1-13(7-8-14-5-3-2-4-6-14)20-12-15-9-10-16(18)17(19)11-15;/h2-6,9-11,13,20H,7-8,12H2,1H3;1H.